The van der Waals surface area contributed by atoms with Crippen molar-refractivity contribution in [1.29, 1.82) is 0 Å². The average molecular weight is 446 g/mol. The molecular formula is C25H35NO6. The normalized spacial score (nSPS) is 31.8. The number of carbonyl (C=O) groups excluding carboxylic acids is 1. The van der Waals surface area contributed by atoms with Gasteiger partial charge in [-0.2, -0.15) is 0 Å². The molecule has 4 aliphatic rings. The SMILES string of the molecule is CC(C)(O)[C@@H]1CC[C@](C)([C@@H]2CC3(CCN(C(=O)c4cccc5c4OCCO5)CC3)CO2)O1. The number of rotatable bonds is 3. The number of amides is 1. The molecule has 4 heterocycles. The van der Waals surface area contributed by atoms with Gasteiger partial charge in [0.25, 0.3) is 5.91 Å². The number of hydrogen-bond acceptors (Lipinski definition) is 6. The lowest BCUT2D eigenvalue weighted by atomic mass is 9.74. The van der Waals surface area contributed by atoms with Gasteiger partial charge in [0.2, 0.25) is 0 Å². The summed E-state index contributed by atoms with van der Waals surface area (Å²) in [7, 11) is 0. The second-order valence-corrected chi connectivity index (χ2v) is 10.7. The van der Waals surface area contributed by atoms with Crippen molar-refractivity contribution in [2.24, 2.45) is 5.41 Å². The van der Waals surface area contributed by atoms with Crippen molar-refractivity contribution in [3.63, 3.8) is 0 Å². The van der Waals surface area contributed by atoms with Gasteiger partial charge < -0.3 is 29.0 Å². The molecule has 4 aliphatic heterocycles. The molecule has 3 saturated heterocycles. The van der Waals surface area contributed by atoms with Crippen LogP contribution in [-0.4, -0.2) is 72.2 Å². The number of para-hydroxylation sites is 1. The number of carbonyl (C=O) groups is 1. The number of likely N-dealkylation sites (tertiary alicyclic amines) is 1. The highest BCUT2D eigenvalue weighted by Gasteiger charge is 2.53. The molecule has 7 heteroatoms. The zero-order chi connectivity index (χ0) is 22.6. The summed E-state index contributed by atoms with van der Waals surface area (Å²) in [5.74, 6) is 1.23. The van der Waals surface area contributed by atoms with E-state index in [1.165, 1.54) is 0 Å². The lowest BCUT2D eigenvalue weighted by Crippen LogP contribution is -2.45. The first kappa shape index (κ1) is 22.0. The Balaban J connectivity index is 1.22. The van der Waals surface area contributed by atoms with Gasteiger partial charge in [-0.1, -0.05) is 6.07 Å². The summed E-state index contributed by atoms with van der Waals surface area (Å²) in [4.78, 5) is 15.2. The number of benzene rings is 1. The zero-order valence-corrected chi connectivity index (χ0v) is 19.4. The van der Waals surface area contributed by atoms with Crippen LogP contribution in [0, 0.1) is 5.41 Å². The maximum absolute atomic E-state index is 13.2. The van der Waals surface area contributed by atoms with Crippen LogP contribution in [0.25, 0.3) is 0 Å². The van der Waals surface area contributed by atoms with E-state index in [1.807, 2.05) is 36.9 Å². The van der Waals surface area contributed by atoms with Crippen LogP contribution in [0.15, 0.2) is 18.2 Å². The molecule has 1 N–H and O–H groups in total. The molecule has 0 aliphatic carbocycles. The third-order valence-electron chi connectivity index (χ3n) is 7.90. The van der Waals surface area contributed by atoms with Gasteiger partial charge in [-0.25, -0.2) is 0 Å². The Morgan fingerprint density at radius 1 is 1.16 bits per heavy atom. The third-order valence-corrected chi connectivity index (χ3v) is 7.90. The van der Waals surface area contributed by atoms with E-state index in [4.69, 9.17) is 18.9 Å². The standard InChI is InChI=1S/C25H35NO6/c1-23(2,28)19-7-8-24(3,32-19)20-15-25(16-31-20)9-11-26(12-10-25)22(27)17-5-4-6-18-21(17)30-14-13-29-18/h4-6,19-20,28H,7-16H2,1-3H3/t19-,20-,24+/m0/s1. The van der Waals surface area contributed by atoms with Crippen LogP contribution in [0.4, 0.5) is 0 Å². The van der Waals surface area contributed by atoms with E-state index in [2.05, 4.69) is 6.92 Å². The monoisotopic (exact) mass is 445 g/mol. The van der Waals surface area contributed by atoms with Gasteiger partial charge in [0.15, 0.2) is 11.5 Å². The Morgan fingerprint density at radius 3 is 2.62 bits per heavy atom. The molecule has 7 nitrogen and oxygen atoms in total. The first-order valence-electron chi connectivity index (χ1n) is 11.9. The first-order chi connectivity index (χ1) is 15.2. The first-order valence-corrected chi connectivity index (χ1v) is 11.9. The van der Waals surface area contributed by atoms with Crippen LogP contribution in [0.5, 0.6) is 11.5 Å². The summed E-state index contributed by atoms with van der Waals surface area (Å²) in [5.41, 5.74) is -0.522. The molecule has 32 heavy (non-hydrogen) atoms. The zero-order valence-electron chi connectivity index (χ0n) is 19.4. The Labute approximate surface area is 190 Å². The van der Waals surface area contributed by atoms with Gasteiger partial charge >= 0.3 is 0 Å². The number of piperidine rings is 1. The molecular weight excluding hydrogens is 410 g/mol. The lowest BCUT2D eigenvalue weighted by molar-refractivity contribution is -0.155. The summed E-state index contributed by atoms with van der Waals surface area (Å²) in [5, 5.41) is 10.4. The van der Waals surface area contributed by atoms with Crippen LogP contribution in [0.2, 0.25) is 0 Å². The molecule has 1 aromatic rings. The maximum Gasteiger partial charge on any atom is 0.257 e. The van der Waals surface area contributed by atoms with Crippen molar-refractivity contribution in [2.45, 2.75) is 76.3 Å². The molecule has 3 atom stereocenters. The summed E-state index contributed by atoms with van der Waals surface area (Å²) < 4.78 is 24.0. The Hall–Kier alpha value is -1.83. The van der Waals surface area contributed by atoms with Crippen LogP contribution in [0.1, 0.15) is 63.2 Å². The Morgan fingerprint density at radius 2 is 1.91 bits per heavy atom. The smallest absolute Gasteiger partial charge is 0.257 e. The van der Waals surface area contributed by atoms with Crippen LogP contribution < -0.4 is 9.47 Å². The van der Waals surface area contributed by atoms with E-state index < -0.39 is 5.60 Å². The molecule has 5 rings (SSSR count). The van der Waals surface area contributed by atoms with E-state index in [1.54, 1.807) is 0 Å². The van der Waals surface area contributed by atoms with Gasteiger partial charge in [-0.3, -0.25) is 4.79 Å². The number of aliphatic hydroxyl groups is 1. The topological polar surface area (TPSA) is 77.5 Å². The van der Waals surface area contributed by atoms with E-state index in [9.17, 15) is 9.90 Å². The van der Waals surface area contributed by atoms with E-state index >= 15 is 0 Å². The van der Waals surface area contributed by atoms with E-state index in [-0.39, 0.29) is 29.1 Å². The van der Waals surface area contributed by atoms with Crippen LogP contribution >= 0.6 is 0 Å². The molecule has 0 aromatic heterocycles. The summed E-state index contributed by atoms with van der Waals surface area (Å²) in [6.07, 6.45) is 4.41. The largest absolute Gasteiger partial charge is 0.486 e. The fourth-order valence-electron chi connectivity index (χ4n) is 5.72. The molecule has 0 saturated carbocycles. The van der Waals surface area contributed by atoms with Crippen molar-refractivity contribution in [1.82, 2.24) is 4.90 Å². The third kappa shape index (κ3) is 3.88. The van der Waals surface area contributed by atoms with E-state index in [0.717, 1.165) is 32.1 Å². The fourth-order valence-corrected chi connectivity index (χ4v) is 5.72. The van der Waals surface area contributed by atoms with E-state index in [0.29, 0.717) is 50.0 Å². The number of nitrogens with zero attached hydrogens (tertiary/aromatic N) is 1. The predicted molar refractivity (Wildman–Crippen MR) is 118 cm³/mol. The molecule has 1 spiro atoms. The van der Waals surface area contributed by atoms with Gasteiger partial charge in [-0.05, 0) is 70.4 Å². The van der Waals surface area contributed by atoms with Crippen molar-refractivity contribution in [3.8, 4) is 11.5 Å². The highest BCUT2D eigenvalue weighted by atomic mass is 16.6. The number of fused-ring (bicyclic) bond motifs is 1. The second-order valence-electron chi connectivity index (χ2n) is 10.7. The summed E-state index contributed by atoms with van der Waals surface area (Å²) in [6, 6.07) is 5.53. The van der Waals surface area contributed by atoms with Crippen molar-refractivity contribution >= 4 is 5.91 Å². The molecule has 0 bridgehead atoms. The van der Waals surface area contributed by atoms with Gasteiger partial charge in [0.1, 0.15) is 13.2 Å². The number of hydrogen-bond donors (Lipinski definition) is 1. The van der Waals surface area contributed by atoms with Crippen LogP contribution in [0.3, 0.4) is 0 Å². The lowest BCUT2D eigenvalue weighted by Gasteiger charge is -2.39. The highest BCUT2D eigenvalue weighted by molar-refractivity contribution is 5.98. The number of ether oxygens (including phenoxy) is 4. The molecule has 1 amide bonds. The fraction of sp³-hybridized carbons (Fsp3) is 0.720. The van der Waals surface area contributed by atoms with Gasteiger partial charge in [0, 0.05) is 13.1 Å². The Bertz CT molecular complexity index is 872. The average Bonchev–Trinajstić information content (AvgIpc) is 3.39. The minimum absolute atomic E-state index is 0.0109. The Kier molecular flexibility index (Phi) is 5.42. The molecule has 3 fully saturated rings. The molecule has 0 unspecified atom stereocenters. The highest BCUT2D eigenvalue weighted by Crippen LogP contribution is 2.49. The molecule has 176 valence electrons. The molecule has 0 radical (unpaired) electrons. The van der Waals surface area contributed by atoms with Crippen LogP contribution in [-0.2, 0) is 9.47 Å². The quantitative estimate of drug-likeness (QED) is 0.770. The van der Waals surface area contributed by atoms with Gasteiger partial charge in [-0.15, -0.1) is 0 Å². The van der Waals surface area contributed by atoms with Gasteiger partial charge in [0.05, 0.1) is 35.6 Å². The maximum atomic E-state index is 13.2. The minimum atomic E-state index is -0.842. The molecule has 1 aromatic carbocycles. The van der Waals surface area contributed by atoms with Crippen molar-refractivity contribution in [2.75, 3.05) is 32.9 Å². The minimum Gasteiger partial charge on any atom is -0.486 e. The van der Waals surface area contributed by atoms with Crippen molar-refractivity contribution < 1.29 is 28.8 Å². The summed E-state index contributed by atoms with van der Waals surface area (Å²) in [6.45, 7) is 8.87. The summed E-state index contributed by atoms with van der Waals surface area (Å²) >= 11 is 0. The second kappa shape index (κ2) is 7.89. The predicted octanol–water partition coefficient (Wildman–Crippen LogP) is 3.18. The van der Waals surface area contributed by atoms with Crippen molar-refractivity contribution in [3.05, 3.63) is 23.8 Å².